The maximum absolute atomic E-state index is 12.3. The number of carbonyl (C=O) groups excluding carboxylic acids is 2. The summed E-state index contributed by atoms with van der Waals surface area (Å²) in [4.78, 5) is 27.7. The Morgan fingerprint density at radius 2 is 1.85 bits per heavy atom. The Morgan fingerprint density at radius 3 is 2.38 bits per heavy atom. The molecule has 1 rings (SSSR count). The van der Waals surface area contributed by atoms with Crippen molar-refractivity contribution in [2.75, 3.05) is 39.3 Å². The van der Waals surface area contributed by atoms with E-state index in [4.69, 9.17) is 4.74 Å². The number of rotatable bonds is 7. The molecule has 0 saturated carbocycles. The second kappa shape index (κ2) is 9.55. The van der Waals surface area contributed by atoms with Crippen molar-refractivity contribution in [3.8, 4) is 0 Å². The van der Waals surface area contributed by atoms with E-state index in [1.165, 1.54) is 0 Å². The van der Waals surface area contributed by atoms with E-state index >= 15 is 0 Å². The van der Waals surface area contributed by atoms with Gasteiger partial charge in [0.15, 0.2) is 0 Å². The summed E-state index contributed by atoms with van der Waals surface area (Å²) in [6.45, 7) is 14.3. The molecule has 1 aliphatic rings. The summed E-state index contributed by atoms with van der Waals surface area (Å²) in [5.41, 5.74) is -0.590. The minimum Gasteiger partial charge on any atom is -0.444 e. The first-order valence-electron chi connectivity index (χ1n) is 9.52. The van der Waals surface area contributed by atoms with Crippen LogP contribution in [0.15, 0.2) is 0 Å². The van der Waals surface area contributed by atoms with Gasteiger partial charge in [-0.05, 0) is 45.6 Å². The van der Waals surface area contributed by atoms with Gasteiger partial charge in [-0.25, -0.2) is 4.79 Å². The third-order valence-electron chi connectivity index (χ3n) is 4.55. The summed E-state index contributed by atoms with van der Waals surface area (Å²) in [7, 11) is 0. The van der Waals surface area contributed by atoms with Crippen LogP contribution in [0.4, 0.5) is 4.79 Å². The van der Waals surface area contributed by atoms with Crippen molar-refractivity contribution >= 4 is 12.0 Å². The highest BCUT2D eigenvalue weighted by Crippen LogP contribution is 2.20. The zero-order valence-electron chi connectivity index (χ0n) is 17.3. The van der Waals surface area contributed by atoms with Crippen LogP contribution in [-0.2, 0) is 9.53 Å². The summed E-state index contributed by atoms with van der Waals surface area (Å²) < 4.78 is 5.45. The summed E-state index contributed by atoms with van der Waals surface area (Å²) in [5, 5.41) is 12.7. The molecule has 1 saturated heterocycles. The Balaban J connectivity index is 2.52. The average molecular weight is 372 g/mol. The van der Waals surface area contributed by atoms with Crippen LogP contribution in [-0.4, -0.2) is 77.9 Å². The van der Waals surface area contributed by atoms with Crippen molar-refractivity contribution in [1.82, 2.24) is 15.1 Å². The Labute approximate surface area is 158 Å². The molecule has 1 unspecified atom stereocenters. The maximum atomic E-state index is 12.3. The minimum atomic E-state index is -0.526. The molecule has 1 aliphatic heterocycles. The van der Waals surface area contributed by atoms with E-state index in [2.05, 4.69) is 5.32 Å². The van der Waals surface area contributed by atoms with Crippen LogP contribution in [0.3, 0.4) is 0 Å². The van der Waals surface area contributed by atoms with Crippen LogP contribution in [0.5, 0.6) is 0 Å². The summed E-state index contributed by atoms with van der Waals surface area (Å²) in [6, 6.07) is -0.0559. The highest BCUT2D eigenvalue weighted by Gasteiger charge is 2.32. The Morgan fingerprint density at radius 1 is 1.19 bits per heavy atom. The lowest BCUT2D eigenvalue weighted by Gasteiger charge is -2.41. The van der Waals surface area contributed by atoms with E-state index in [1.54, 1.807) is 11.8 Å². The summed E-state index contributed by atoms with van der Waals surface area (Å²) in [5.74, 6) is 0.0297. The molecule has 152 valence electrons. The molecule has 0 aromatic rings. The molecule has 1 fully saturated rings. The number of nitrogens with one attached hydrogen (secondary N) is 1. The van der Waals surface area contributed by atoms with Gasteiger partial charge in [0.1, 0.15) is 5.60 Å². The molecule has 0 bridgehead atoms. The van der Waals surface area contributed by atoms with Crippen LogP contribution in [0.1, 0.15) is 54.4 Å². The van der Waals surface area contributed by atoms with Crippen LogP contribution >= 0.6 is 0 Å². The first kappa shape index (κ1) is 22.7. The number of aliphatic hydroxyl groups is 1. The highest BCUT2D eigenvalue weighted by molar-refractivity contribution is 5.74. The normalized spacial score (nSPS) is 18.8. The number of ether oxygens (including phenoxy) is 1. The number of hydrogen-bond donors (Lipinski definition) is 2. The summed E-state index contributed by atoms with van der Waals surface area (Å²) >= 11 is 0. The molecule has 0 aromatic carbocycles. The molecular formula is C19H37N3O4. The molecular weight excluding hydrogens is 334 g/mol. The van der Waals surface area contributed by atoms with Gasteiger partial charge in [-0.15, -0.1) is 0 Å². The van der Waals surface area contributed by atoms with E-state index in [0.717, 1.165) is 19.4 Å². The monoisotopic (exact) mass is 371 g/mol. The average Bonchev–Trinajstić information content (AvgIpc) is 2.52. The first-order chi connectivity index (χ1) is 11.9. The first-order valence-corrected chi connectivity index (χ1v) is 9.52. The van der Waals surface area contributed by atoms with Gasteiger partial charge in [0.2, 0.25) is 5.91 Å². The predicted octanol–water partition coefficient (Wildman–Crippen LogP) is 1.84. The van der Waals surface area contributed by atoms with E-state index in [1.807, 2.05) is 39.5 Å². The van der Waals surface area contributed by atoms with Crippen molar-refractivity contribution in [2.24, 2.45) is 5.41 Å². The van der Waals surface area contributed by atoms with Gasteiger partial charge < -0.3 is 25.0 Å². The van der Waals surface area contributed by atoms with Crippen molar-refractivity contribution < 1.29 is 19.4 Å². The zero-order valence-corrected chi connectivity index (χ0v) is 17.3. The van der Waals surface area contributed by atoms with Crippen LogP contribution in [0.2, 0.25) is 0 Å². The maximum Gasteiger partial charge on any atom is 0.410 e. The van der Waals surface area contributed by atoms with E-state index < -0.39 is 5.60 Å². The van der Waals surface area contributed by atoms with Crippen LogP contribution in [0, 0.1) is 5.41 Å². The molecule has 2 amide bonds. The van der Waals surface area contributed by atoms with Gasteiger partial charge in [-0.3, -0.25) is 4.79 Å². The molecule has 7 heteroatoms. The van der Waals surface area contributed by atoms with Gasteiger partial charge in [-0.1, -0.05) is 13.8 Å². The van der Waals surface area contributed by atoms with Gasteiger partial charge in [0.05, 0.1) is 6.04 Å². The fraction of sp³-hybridized carbons (Fsp3) is 0.895. The molecule has 26 heavy (non-hydrogen) atoms. The van der Waals surface area contributed by atoms with Crippen molar-refractivity contribution in [3.63, 3.8) is 0 Å². The molecule has 0 aliphatic carbocycles. The third kappa shape index (κ3) is 7.91. The smallest absolute Gasteiger partial charge is 0.410 e. The molecule has 7 nitrogen and oxygen atoms in total. The lowest BCUT2D eigenvalue weighted by Crippen LogP contribution is -2.59. The molecule has 1 atom stereocenters. The third-order valence-corrected chi connectivity index (χ3v) is 4.55. The largest absolute Gasteiger partial charge is 0.444 e. The van der Waals surface area contributed by atoms with Crippen molar-refractivity contribution in [2.45, 2.75) is 66.0 Å². The fourth-order valence-electron chi connectivity index (χ4n) is 2.98. The lowest BCUT2D eigenvalue weighted by atomic mass is 9.89. The SMILES string of the molecule is CC(=O)N1CCN(C(=O)OC(C)(C)C)CC1CNCCCC(C)(C)CO. The van der Waals surface area contributed by atoms with Crippen LogP contribution < -0.4 is 5.32 Å². The Bertz CT molecular complexity index is 474. The van der Waals surface area contributed by atoms with Gasteiger partial charge in [-0.2, -0.15) is 0 Å². The topological polar surface area (TPSA) is 82.1 Å². The van der Waals surface area contributed by atoms with Gasteiger partial charge >= 0.3 is 6.09 Å². The zero-order chi connectivity index (χ0) is 20.0. The van der Waals surface area contributed by atoms with Gasteiger partial charge in [0, 0.05) is 39.7 Å². The highest BCUT2D eigenvalue weighted by atomic mass is 16.6. The van der Waals surface area contributed by atoms with Gasteiger partial charge in [0.25, 0.3) is 0 Å². The second-order valence-electron chi connectivity index (χ2n) is 8.92. The lowest BCUT2D eigenvalue weighted by molar-refractivity contribution is -0.133. The molecule has 1 heterocycles. The number of carbonyl (C=O) groups is 2. The van der Waals surface area contributed by atoms with E-state index in [0.29, 0.717) is 26.2 Å². The van der Waals surface area contributed by atoms with E-state index in [9.17, 15) is 14.7 Å². The standard InChI is InChI=1S/C19H37N3O4/c1-15(24)22-11-10-21(17(25)26-18(2,3)4)13-16(22)12-20-9-7-8-19(5,6)14-23/h16,20,23H,7-14H2,1-6H3. The molecule has 0 radical (unpaired) electrons. The van der Waals surface area contributed by atoms with Crippen molar-refractivity contribution in [1.29, 1.82) is 0 Å². The Hall–Kier alpha value is -1.34. The second-order valence-corrected chi connectivity index (χ2v) is 8.92. The Kier molecular flexibility index (Phi) is 8.34. The van der Waals surface area contributed by atoms with Crippen LogP contribution in [0.25, 0.3) is 0 Å². The molecule has 2 N–H and O–H groups in total. The number of piperazine rings is 1. The summed E-state index contributed by atoms with van der Waals surface area (Å²) in [6.07, 6.45) is 1.56. The number of hydrogen-bond acceptors (Lipinski definition) is 5. The van der Waals surface area contributed by atoms with Crippen molar-refractivity contribution in [3.05, 3.63) is 0 Å². The molecule has 0 aromatic heterocycles. The number of amides is 2. The number of aliphatic hydroxyl groups excluding tert-OH is 1. The predicted molar refractivity (Wildman–Crippen MR) is 102 cm³/mol. The minimum absolute atomic E-state index is 0.0297. The number of nitrogens with zero attached hydrogens (tertiary/aromatic N) is 2. The fourth-order valence-corrected chi connectivity index (χ4v) is 2.98. The quantitative estimate of drug-likeness (QED) is 0.668. The molecule has 0 spiro atoms. The van der Waals surface area contributed by atoms with E-state index in [-0.39, 0.29) is 30.1 Å².